The van der Waals surface area contributed by atoms with Crippen LogP contribution >= 0.6 is 23.6 Å². The fraction of sp³-hybridized carbons (Fsp3) is 0.396. The Morgan fingerprint density at radius 1 is 0.973 bits per heavy atom. The smallest absolute Gasteiger partial charge is 0.419 e. The number of likely N-dealkylation sites (tertiary alicyclic amines) is 1. The molecule has 4 atom stereocenters. The van der Waals surface area contributed by atoms with Crippen LogP contribution in [0.25, 0.3) is 21.6 Å². The summed E-state index contributed by atoms with van der Waals surface area (Å²) in [5.74, 6) is -2.31. The van der Waals surface area contributed by atoms with Gasteiger partial charge < -0.3 is 35.0 Å². The van der Waals surface area contributed by atoms with Gasteiger partial charge in [0.15, 0.2) is 10.8 Å². The van der Waals surface area contributed by atoms with E-state index in [1.807, 2.05) is 38.1 Å². The summed E-state index contributed by atoms with van der Waals surface area (Å²) < 4.78 is 68.7. The molecule has 2 aliphatic rings. The van der Waals surface area contributed by atoms with E-state index in [0.717, 1.165) is 32.8 Å². The maximum atomic E-state index is 15.9. The monoisotopic (exact) mass is 1060 g/mol. The topological polar surface area (TPSA) is 190 Å². The molecule has 0 saturated carbocycles. The number of hydrogen-bond acceptors (Lipinski definition) is 12. The summed E-state index contributed by atoms with van der Waals surface area (Å²) in [7, 11) is 0. The molecule has 7 rings (SSSR count). The van der Waals surface area contributed by atoms with E-state index in [4.69, 9.17) is 27.0 Å². The molecule has 74 heavy (non-hydrogen) atoms. The van der Waals surface area contributed by atoms with Gasteiger partial charge >= 0.3 is 6.18 Å². The minimum atomic E-state index is -4.93. The van der Waals surface area contributed by atoms with E-state index >= 15 is 4.39 Å². The maximum Gasteiger partial charge on any atom is 0.419 e. The van der Waals surface area contributed by atoms with Gasteiger partial charge in [-0.2, -0.15) is 18.4 Å². The average molecular weight is 1060 g/mol. The molecule has 0 spiro atoms. The number of β-amino-alcohol motifs (C(OH)–C–C–N with tert-alkyl or cyclic N) is 1. The molecule has 5 aromatic rings. The second kappa shape index (κ2) is 22.3. The third-order valence-electron chi connectivity index (χ3n) is 12.8. The first-order valence-electron chi connectivity index (χ1n) is 23.8. The number of alkyl halides is 3. The summed E-state index contributed by atoms with van der Waals surface area (Å²) >= 11 is 7.09. The number of rotatable bonds is 17. The predicted molar refractivity (Wildman–Crippen MR) is 274 cm³/mol. The molecule has 2 aliphatic heterocycles. The molecule has 0 radical (unpaired) electrons. The molecule has 4 amide bonds. The molecular formula is C53H56F4N8O7S2. The summed E-state index contributed by atoms with van der Waals surface area (Å²) in [6.07, 6.45) is -3.72. The number of nitriles is 1. The maximum absolute atomic E-state index is 15.9. The Morgan fingerprint density at radius 2 is 1.64 bits per heavy atom. The molecule has 4 heterocycles. The van der Waals surface area contributed by atoms with Gasteiger partial charge in [0.25, 0.3) is 5.91 Å². The lowest BCUT2D eigenvalue weighted by molar-refractivity contribution is -0.144. The van der Waals surface area contributed by atoms with Crippen molar-refractivity contribution in [3.05, 3.63) is 113 Å². The zero-order chi connectivity index (χ0) is 53.9. The van der Waals surface area contributed by atoms with Gasteiger partial charge in [-0.3, -0.25) is 24.1 Å². The van der Waals surface area contributed by atoms with Crippen molar-refractivity contribution in [2.75, 3.05) is 36.2 Å². The third-order valence-corrected chi connectivity index (χ3v) is 14.2. The number of thiocarbonyl (C=S) groups is 1. The summed E-state index contributed by atoms with van der Waals surface area (Å²) in [5, 5.41) is 25.3. The van der Waals surface area contributed by atoms with E-state index in [9.17, 15) is 37.5 Å². The van der Waals surface area contributed by atoms with E-state index in [0.29, 0.717) is 42.4 Å². The van der Waals surface area contributed by atoms with Crippen LogP contribution in [-0.4, -0.2) is 98.8 Å². The number of anilines is 2. The Balaban J connectivity index is 0.859. The second-order valence-electron chi connectivity index (χ2n) is 19.7. The molecular weight excluding hydrogens is 1000 g/mol. The fourth-order valence-electron chi connectivity index (χ4n) is 8.80. The van der Waals surface area contributed by atoms with Crippen molar-refractivity contribution in [1.29, 1.82) is 5.26 Å². The lowest BCUT2D eigenvalue weighted by Crippen LogP contribution is -2.58. The van der Waals surface area contributed by atoms with Crippen molar-refractivity contribution in [3.63, 3.8) is 0 Å². The van der Waals surface area contributed by atoms with Gasteiger partial charge in [-0.25, -0.2) is 14.4 Å². The molecule has 3 aromatic carbocycles. The molecule has 2 saturated heterocycles. The van der Waals surface area contributed by atoms with Crippen LogP contribution in [0.5, 0.6) is 5.75 Å². The average Bonchev–Trinajstić information content (AvgIpc) is 4.02. The number of carbonyl (C=O) groups is 4. The van der Waals surface area contributed by atoms with Gasteiger partial charge in [-0.05, 0) is 111 Å². The van der Waals surface area contributed by atoms with Crippen molar-refractivity contribution < 1.29 is 51.3 Å². The molecule has 3 N–H and O–H groups in total. The van der Waals surface area contributed by atoms with Crippen molar-refractivity contribution in [2.45, 2.75) is 104 Å². The number of benzene rings is 3. The Hall–Kier alpha value is -6.86. The number of thiazole rings is 1. The Morgan fingerprint density at radius 3 is 2.26 bits per heavy atom. The normalized spacial score (nSPS) is 17.5. The van der Waals surface area contributed by atoms with E-state index in [1.54, 1.807) is 68.0 Å². The summed E-state index contributed by atoms with van der Waals surface area (Å²) in [4.78, 5) is 66.9. The Kier molecular flexibility index (Phi) is 16.6. The summed E-state index contributed by atoms with van der Waals surface area (Å²) in [6.45, 7) is 12.3. The van der Waals surface area contributed by atoms with E-state index in [2.05, 4.69) is 20.6 Å². The van der Waals surface area contributed by atoms with Crippen LogP contribution in [0.3, 0.4) is 0 Å². The highest BCUT2D eigenvalue weighted by Crippen LogP contribution is 2.41. The predicted octanol–water partition coefficient (Wildman–Crippen LogP) is 8.67. The number of nitrogens with one attached hydrogen (secondary N) is 2. The molecule has 2 fully saturated rings. The highest BCUT2D eigenvalue weighted by molar-refractivity contribution is 7.81. The lowest BCUT2D eigenvalue weighted by atomic mass is 9.85. The number of aromatic nitrogens is 2. The minimum absolute atomic E-state index is 0.0564. The molecule has 0 unspecified atom stereocenters. The van der Waals surface area contributed by atoms with Crippen LogP contribution in [-0.2, 0) is 30.1 Å². The Labute approximate surface area is 435 Å². The number of hydrogen-bond donors (Lipinski definition) is 3. The number of pyridine rings is 1. The van der Waals surface area contributed by atoms with Gasteiger partial charge in [0.1, 0.15) is 41.9 Å². The lowest BCUT2D eigenvalue weighted by Gasteiger charge is -2.35. The van der Waals surface area contributed by atoms with Gasteiger partial charge in [-0.1, -0.05) is 63.2 Å². The highest BCUT2D eigenvalue weighted by atomic mass is 32.1. The van der Waals surface area contributed by atoms with Crippen LogP contribution in [0.4, 0.5) is 28.9 Å². The number of amides is 4. The van der Waals surface area contributed by atoms with Gasteiger partial charge in [0, 0.05) is 19.6 Å². The molecule has 390 valence electrons. The first kappa shape index (κ1) is 54.9. The van der Waals surface area contributed by atoms with Crippen LogP contribution in [0.1, 0.15) is 89.4 Å². The standard InChI is InChI=1S/C53H56F4N8O7S2/c1-30(32-10-12-34(13-11-32)45-31(2)60-29-74-45)61-47(68)43-24-37(66)27-63(43)48(69)46(51(3,4)5)62-44(67)28-71-20-8-9-21-72-38-17-14-33(15-18-38)35-16-19-42(40(54)22-35)65-50(73)64(49(70)52(65,6)7)36-23-39(53(55,56)57)41(25-58)59-26-36/h10-19,22-23,26,29-30,37,43,46,66H,8-9,20-21,24,27-28H2,1-7H3,(H,61,68)(H,62,67)/t30-,37+,43-,46+/m0/s1. The number of nitrogens with zero attached hydrogens (tertiary/aromatic N) is 6. The van der Waals surface area contributed by atoms with Crippen molar-refractivity contribution in [1.82, 2.24) is 25.5 Å². The number of unbranched alkanes of at least 4 members (excludes halogenated alkanes) is 1. The van der Waals surface area contributed by atoms with Crippen molar-refractivity contribution >= 4 is 63.7 Å². The number of aliphatic hydroxyl groups excluding tert-OH is 1. The largest absolute Gasteiger partial charge is 0.494 e. The molecule has 21 heteroatoms. The highest BCUT2D eigenvalue weighted by Gasteiger charge is 2.52. The number of carbonyl (C=O) groups excluding carboxylic acids is 4. The Bertz CT molecular complexity index is 2960. The van der Waals surface area contributed by atoms with Gasteiger partial charge in [-0.15, -0.1) is 11.3 Å². The van der Waals surface area contributed by atoms with E-state index in [-0.39, 0.29) is 48.7 Å². The SMILES string of the molecule is Cc1ncsc1-c1ccc([C@H](C)NC(=O)[C@@H]2C[C@@H](O)CN2C(=O)[C@@H](NC(=O)COCCCCOc2ccc(-c3ccc(N4C(=S)N(c5cnc(C#N)c(C(F)(F)F)c5)C(=O)C4(C)C)c(F)c3)cc2)C(C)(C)C)cc1. The van der Waals surface area contributed by atoms with Crippen LogP contribution < -0.4 is 25.2 Å². The van der Waals surface area contributed by atoms with E-state index in [1.165, 1.54) is 41.8 Å². The third kappa shape index (κ3) is 12.0. The van der Waals surface area contributed by atoms with Crippen molar-refractivity contribution in [3.8, 4) is 33.4 Å². The van der Waals surface area contributed by atoms with E-state index < -0.39 is 76.0 Å². The minimum Gasteiger partial charge on any atom is -0.494 e. The van der Waals surface area contributed by atoms with Crippen LogP contribution in [0.15, 0.2) is 84.5 Å². The van der Waals surface area contributed by atoms with Crippen LogP contribution in [0.2, 0.25) is 0 Å². The van der Waals surface area contributed by atoms with Gasteiger partial charge in [0.05, 0.1) is 58.0 Å². The van der Waals surface area contributed by atoms with Gasteiger partial charge in [0.2, 0.25) is 17.7 Å². The summed E-state index contributed by atoms with van der Waals surface area (Å²) in [6, 6.07) is 18.7. The number of aliphatic hydroxyl groups is 1. The fourth-order valence-corrected chi connectivity index (χ4v) is 10.1. The summed E-state index contributed by atoms with van der Waals surface area (Å²) in [5.41, 5.74) is 0.917. The zero-order valence-corrected chi connectivity index (χ0v) is 43.4. The number of ether oxygens (including phenoxy) is 2. The van der Waals surface area contributed by atoms with Crippen LogP contribution in [0, 0.1) is 29.5 Å². The number of halogens is 4. The number of aryl methyl sites for hydroxylation is 1. The van der Waals surface area contributed by atoms with Crippen molar-refractivity contribution in [2.24, 2.45) is 5.41 Å². The molecule has 0 bridgehead atoms. The zero-order valence-electron chi connectivity index (χ0n) is 41.8. The first-order valence-corrected chi connectivity index (χ1v) is 25.0. The molecule has 0 aliphatic carbocycles. The second-order valence-corrected chi connectivity index (χ2v) is 20.9. The molecule has 2 aromatic heterocycles. The quantitative estimate of drug-likeness (QED) is 0.0457. The first-order chi connectivity index (χ1) is 34.9. The molecule has 15 nitrogen and oxygen atoms in total.